The molecule has 0 aliphatic rings. The first kappa shape index (κ1) is 13.3. The largest absolute Gasteiger partial charge is 0.361 e. The van der Waals surface area contributed by atoms with E-state index in [-0.39, 0.29) is 6.04 Å². The number of hydrogen-bond acceptors (Lipinski definition) is 4. The lowest BCUT2D eigenvalue weighted by molar-refractivity contribution is 0.390. The van der Waals surface area contributed by atoms with Gasteiger partial charge in [0.2, 0.25) is 0 Å². The smallest absolute Gasteiger partial charge is 0.138 e. The molecule has 0 amide bonds. The molecule has 2 heterocycles. The van der Waals surface area contributed by atoms with Gasteiger partial charge in [-0.3, -0.25) is 0 Å². The lowest BCUT2D eigenvalue weighted by atomic mass is 10.1. The molecule has 1 atom stereocenters. The van der Waals surface area contributed by atoms with Crippen molar-refractivity contribution >= 4 is 11.3 Å². The van der Waals surface area contributed by atoms with E-state index >= 15 is 0 Å². The van der Waals surface area contributed by atoms with Gasteiger partial charge in [-0.25, -0.2) is 0 Å². The Bertz CT molecular complexity index is 496. The molecule has 4 heteroatoms. The molecule has 2 aromatic heterocycles. The topological polar surface area (TPSA) is 38.1 Å². The van der Waals surface area contributed by atoms with Gasteiger partial charge in [0, 0.05) is 27.9 Å². The van der Waals surface area contributed by atoms with E-state index < -0.39 is 0 Å². The second-order valence-corrected chi connectivity index (χ2v) is 5.81. The second kappa shape index (κ2) is 5.67. The summed E-state index contributed by atoms with van der Waals surface area (Å²) in [4.78, 5) is 2.82. The minimum atomic E-state index is 0.267. The number of aromatic nitrogens is 1. The van der Waals surface area contributed by atoms with E-state index in [2.05, 4.69) is 36.5 Å². The minimum Gasteiger partial charge on any atom is -0.361 e. The summed E-state index contributed by atoms with van der Waals surface area (Å²) in [6.07, 6.45) is 1.12. The van der Waals surface area contributed by atoms with Crippen LogP contribution in [0.2, 0.25) is 0 Å². The van der Waals surface area contributed by atoms with Gasteiger partial charge in [-0.1, -0.05) is 12.1 Å². The van der Waals surface area contributed by atoms with Crippen LogP contribution in [0, 0.1) is 13.8 Å². The van der Waals surface area contributed by atoms with Crippen molar-refractivity contribution in [1.29, 1.82) is 0 Å². The molecule has 0 spiro atoms. The molecular formula is C14H20N2OS. The van der Waals surface area contributed by atoms with Gasteiger partial charge in [0.15, 0.2) is 0 Å². The van der Waals surface area contributed by atoms with Gasteiger partial charge in [-0.2, -0.15) is 0 Å². The molecule has 18 heavy (non-hydrogen) atoms. The van der Waals surface area contributed by atoms with E-state index in [1.807, 2.05) is 25.2 Å². The van der Waals surface area contributed by atoms with Crippen LogP contribution in [-0.2, 0) is 13.0 Å². The highest BCUT2D eigenvalue weighted by Gasteiger charge is 2.15. The van der Waals surface area contributed by atoms with Crippen molar-refractivity contribution in [1.82, 2.24) is 10.5 Å². The summed E-state index contributed by atoms with van der Waals surface area (Å²) >= 11 is 1.88. The summed E-state index contributed by atoms with van der Waals surface area (Å²) in [7, 11) is 0. The summed E-state index contributed by atoms with van der Waals surface area (Å²) in [5, 5.41) is 7.53. The van der Waals surface area contributed by atoms with Crippen molar-refractivity contribution in [2.75, 3.05) is 0 Å². The molecule has 0 saturated carbocycles. The van der Waals surface area contributed by atoms with E-state index in [1.165, 1.54) is 15.3 Å². The fourth-order valence-electron chi connectivity index (χ4n) is 2.17. The Labute approximate surface area is 112 Å². The van der Waals surface area contributed by atoms with Crippen LogP contribution >= 0.6 is 11.3 Å². The van der Waals surface area contributed by atoms with Crippen LogP contribution in [0.4, 0.5) is 0 Å². The summed E-state index contributed by atoms with van der Waals surface area (Å²) in [6, 6.07) is 4.68. The number of rotatable bonds is 5. The summed E-state index contributed by atoms with van der Waals surface area (Å²) in [6.45, 7) is 9.20. The van der Waals surface area contributed by atoms with E-state index in [0.717, 1.165) is 24.4 Å². The molecule has 98 valence electrons. The summed E-state index contributed by atoms with van der Waals surface area (Å²) in [5.74, 6) is 0.910. The zero-order valence-corrected chi connectivity index (χ0v) is 12.2. The van der Waals surface area contributed by atoms with Crippen LogP contribution in [-0.4, -0.2) is 5.16 Å². The van der Waals surface area contributed by atoms with Gasteiger partial charge in [0.05, 0.1) is 5.69 Å². The van der Waals surface area contributed by atoms with Crippen molar-refractivity contribution in [3.8, 4) is 0 Å². The first-order valence-electron chi connectivity index (χ1n) is 6.35. The Hall–Kier alpha value is -1.13. The second-order valence-electron chi connectivity index (χ2n) is 4.56. The molecule has 0 fully saturated rings. The molecular weight excluding hydrogens is 244 g/mol. The zero-order valence-electron chi connectivity index (χ0n) is 11.4. The Balaban J connectivity index is 1.98. The SMILES string of the molecule is CCc1ccc(CNC(C)c2c(C)noc2C)s1. The lowest BCUT2D eigenvalue weighted by Crippen LogP contribution is -2.18. The fourth-order valence-corrected chi connectivity index (χ4v) is 3.08. The van der Waals surface area contributed by atoms with Gasteiger partial charge in [-0.05, 0) is 39.3 Å². The number of nitrogens with one attached hydrogen (secondary N) is 1. The molecule has 0 bridgehead atoms. The van der Waals surface area contributed by atoms with Gasteiger partial charge in [-0.15, -0.1) is 11.3 Å². The normalized spacial score (nSPS) is 12.9. The summed E-state index contributed by atoms with van der Waals surface area (Å²) in [5.41, 5.74) is 2.16. The van der Waals surface area contributed by atoms with E-state index in [0.29, 0.717) is 0 Å². The Morgan fingerprint density at radius 1 is 1.33 bits per heavy atom. The average molecular weight is 264 g/mol. The monoisotopic (exact) mass is 264 g/mol. The van der Waals surface area contributed by atoms with Crippen LogP contribution in [0.25, 0.3) is 0 Å². The Morgan fingerprint density at radius 2 is 2.06 bits per heavy atom. The maximum atomic E-state index is 5.20. The third kappa shape index (κ3) is 2.82. The van der Waals surface area contributed by atoms with E-state index in [4.69, 9.17) is 4.52 Å². The molecule has 0 radical (unpaired) electrons. The zero-order chi connectivity index (χ0) is 13.1. The third-order valence-corrected chi connectivity index (χ3v) is 4.40. The van der Waals surface area contributed by atoms with E-state index in [9.17, 15) is 0 Å². The molecule has 1 unspecified atom stereocenters. The molecule has 0 aliphatic carbocycles. The highest BCUT2D eigenvalue weighted by molar-refractivity contribution is 7.11. The number of nitrogens with zero attached hydrogens (tertiary/aromatic N) is 1. The van der Waals surface area contributed by atoms with Crippen LogP contribution in [0.5, 0.6) is 0 Å². The maximum Gasteiger partial charge on any atom is 0.138 e. The molecule has 3 nitrogen and oxygen atoms in total. The molecule has 2 aromatic rings. The van der Waals surface area contributed by atoms with Crippen molar-refractivity contribution in [2.45, 2.75) is 46.7 Å². The Morgan fingerprint density at radius 3 is 2.61 bits per heavy atom. The number of hydrogen-bond donors (Lipinski definition) is 1. The number of thiophene rings is 1. The van der Waals surface area contributed by atoms with Crippen molar-refractivity contribution < 1.29 is 4.52 Å². The lowest BCUT2D eigenvalue weighted by Gasteiger charge is -2.12. The van der Waals surface area contributed by atoms with Crippen LogP contribution in [0.15, 0.2) is 16.7 Å². The quantitative estimate of drug-likeness (QED) is 0.893. The highest BCUT2D eigenvalue weighted by atomic mass is 32.1. The molecule has 0 saturated heterocycles. The van der Waals surface area contributed by atoms with Crippen molar-refractivity contribution in [2.24, 2.45) is 0 Å². The predicted molar refractivity (Wildman–Crippen MR) is 74.9 cm³/mol. The third-order valence-electron chi connectivity index (χ3n) is 3.17. The number of aryl methyl sites for hydroxylation is 3. The minimum absolute atomic E-state index is 0.267. The van der Waals surface area contributed by atoms with Gasteiger partial charge >= 0.3 is 0 Å². The van der Waals surface area contributed by atoms with Crippen LogP contribution in [0.1, 0.15) is 46.7 Å². The van der Waals surface area contributed by atoms with Gasteiger partial charge in [0.1, 0.15) is 5.76 Å². The average Bonchev–Trinajstić information content (AvgIpc) is 2.93. The summed E-state index contributed by atoms with van der Waals surface area (Å²) < 4.78 is 5.20. The van der Waals surface area contributed by atoms with Crippen molar-refractivity contribution in [3.05, 3.63) is 38.9 Å². The predicted octanol–water partition coefficient (Wildman–Crippen LogP) is 3.77. The van der Waals surface area contributed by atoms with Gasteiger partial charge < -0.3 is 9.84 Å². The molecule has 0 aliphatic heterocycles. The first-order chi connectivity index (χ1) is 8.61. The van der Waals surface area contributed by atoms with Crippen LogP contribution in [0.3, 0.4) is 0 Å². The van der Waals surface area contributed by atoms with Gasteiger partial charge in [0.25, 0.3) is 0 Å². The highest BCUT2D eigenvalue weighted by Crippen LogP contribution is 2.22. The standard InChI is InChI=1S/C14H20N2OS/c1-5-12-6-7-13(18-12)8-15-9(2)14-10(3)16-17-11(14)4/h6-7,9,15H,5,8H2,1-4H3. The van der Waals surface area contributed by atoms with Crippen LogP contribution < -0.4 is 5.32 Å². The Kier molecular flexibility index (Phi) is 4.19. The van der Waals surface area contributed by atoms with E-state index in [1.54, 1.807) is 0 Å². The first-order valence-corrected chi connectivity index (χ1v) is 7.17. The maximum absolute atomic E-state index is 5.20. The van der Waals surface area contributed by atoms with Crippen molar-refractivity contribution in [3.63, 3.8) is 0 Å². The molecule has 1 N–H and O–H groups in total. The molecule has 2 rings (SSSR count). The molecule has 0 aromatic carbocycles. The fraction of sp³-hybridized carbons (Fsp3) is 0.500.